The third-order valence-electron chi connectivity index (χ3n) is 4.03. The zero-order valence-corrected chi connectivity index (χ0v) is 13.7. The molecule has 0 spiro atoms. The lowest BCUT2D eigenvalue weighted by Crippen LogP contribution is -3.16. The van der Waals surface area contributed by atoms with Crippen LogP contribution in [0, 0.1) is 0 Å². The monoisotopic (exact) mass is 321 g/mol. The molecule has 0 radical (unpaired) electrons. The lowest BCUT2D eigenvalue weighted by atomic mass is 10.2. The standard InChI is InChI=1S/C16H24N4O3/c1-17-15(21)11-18-16(22)12-19-7-9-20(10-8-19)13-5-3-4-6-14(13)23-2/h3-6H,7-12H2,1-2H3,(H,17,21)(H,18,22)/p+1. The normalized spacial score (nSPS) is 15.1. The fourth-order valence-corrected chi connectivity index (χ4v) is 2.69. The molecule has 2 rings (SSSR count). The maximum atomic E-state index is 11.8. The number of quaternary nitrogens is 1. The fraction of sp³-hybridized carbons (Fsp3) is 0.500. The summed E-state index contributed by atoms with van der Waals surface area (Å²) in [5.41, 5.74) is 1.10. The summed E-state index contributed by atoms with van der Waals surface area (Å²) in [6, 6.07) is 7.98. The molecule has 0 saturated carbocycles. The number of benzene rings is 1. The van der Waals surface area contributed by atoms with Crippen molar-refractivity contribution in [3.05, 3.63) is 24.3 Å². The zero-order valence-electron chi connectivity index (χ0n) is 13.7. The first-order valence-electron chi connectivity index (χ1n) is 7.83. The van der Waals surface area contributed by atoms with Crippen LogP contribution in [0.2, 0.25) is 0 Å². The summed E-state index contributed by atoms with van der Waals surface area (Å²) in [5, 5.41) is 5.12. The molecule has 0 atom stereocenters. The van der Waals surface area contributed by atoms with Gasteiger partial charge in [0.15, 0.2) is 6.54 Å². The molecule has 2 amide bonds. The highest BCUT2D eigenvalue weighted by molar-refractivity contribution is 5.84. The van der Waals surface area contributed by atoms with Crippen LogP contribution in [-0.4, -0.2) is 65.2 Å². The van der Waals surface area contributed by atoms with Crippen molar-refractivity contribution < 1.29 is 19.2 Å². The van der Waals surface area contributed by atoms with Gasteiger partial charge in [-0.15, -0.1) is 0 Å². The number of anilines is 1. The Labute approximate surface area is 136 Å². The Balaban J connectivity index is 1.80. The van der Waals surface area contributed by atoms with E-state index in [0.717, 1.165) is 37.6 Å². The largest absolute Gasteiger partial charge is 0.495 e. The summed E-state index contributed by atoms with van der Waals surface area (Å²) in [7, 11) is 3.23. The topological polar surface area (TPSA) is 75.1 Å². The minimum absolute atomic E-state index is 0.0377. The number of hydrogen-bond acceptors (Lipinski definition) is 4. The molecule has 1 aliphatic heterocycles. The molecule has 1 aromatic carbocycles. The Morgan fingerprint density at radius 1 is 1.22 bits per heavy atom. The molecule has 1 saturated heterocycles. The number of ether oxygens (including phenoxy) is 1. The summed E-state index contributed by atoms with van der Waals surface area (Å²) in [5.74, 6) is 0.600. The van der Waals surface area contributed by atoms with E-state index in [1.54, 1.807) is 14.2 Å². The predicted octanol–water partition coefficient (Wildman–Crippen LogP) is -1.74. The molecule has 0 aliphatic carbocycles. The summed E-state index contributed by atoms with van der Waals surface area (Å²) >= 11 is 0. The number of nitrogens with one attached hydrogen (secondary N) is 3. The van der Waals surface area contributed by atoms with Gasteiger partial charge in [0, 0.05) is 7.05 Å². The number of para-hydroxylation sites is 2. The van der Waals surface area contributed by atoms with Crippen LogP contribution < -0.4 is 25.2 Å². The van der Waals surface area contributed by atoms with E-state index in [0.29, 0.717) is 6.54 Å². The minimum Gasteiger partial charge on any atom is -0.495 e. The summed E-state index contributed by atoms with van der Waals surface area (Å²) in [4.78, 5) is 26.5. The van der Waals surface area contributed by atoms with Gasteiger partial charge in [0.25, 0.3) is 5.91 Å². The molecule has 1 heterocycles. The molecule has 7 heteroatoms. The minimum atomic E-state index is -0.186. The fourth-order valence-electron chi connectivity index (χ4n) is 2.69. The second-order valence-corrected chi connectivity index (χ2v) is 5.54. The van der Waals surface area contributed by atoms with Crippen molar-refractivity contribution in [3.63, 3.8) is 0 Å². The Bertz CT molecular complexity index is 542. The van der Waals surface area contributed by atoms with Gasteiger partial charge in [-0.3, -0.25) is 9.59 Å². The Morgan fingerprint density at radius 3 is 2.57 bits per heavy atom. The molecule has 3 N–H and O–H groups in total. The predicted molar refractivity (Wildman–Crippen MR) is 87.8 cm³/mol. The van der Waals surface area contributed by atoms with E-state index < -0.39 is 0 Å². The van der Waals surface area contributed by atoms with Gasteiger partial charge >= 0.3 is 0 Å². The van der Waals surface area contributed by atoms with E-state index in [4.69, 9.17) is 4.74 Å². The van der Waals surface area contributed by atoms with Crippen LogP contribution in [0.15, 0.2) is 24.3 Å². The highest BCUT2D eigenvalue weighted by Crippen LogP contribution is 2.27. The van der Waals surface area contributed by atoms with Crippen LogP contribution >= 0.6 is 0 Å². The second-order valence-electron chi connectivity index (χ2n) is 5.54. The van der Waals surface area contributed by atoms with Crippen molar-refractivity contribution in [2.24, 2.45) is 0 Å². The van der Waals surface area contributed by atoms with Crippen molar-refractivity contribution in [1.82, 2.24) is 10.6 Å². The maximum Gasteiger partial charge on any atom is 0.275 e. The molecule has 1 aliphatic rings. The second kappa shape index (κ2) is 8.38. The summed E-state index contributed by atoms with van der Waals surface area (Å²) in [6.07, 6.45) is 0. The van der Waals surface area contributed by atoms with E-state index in [1.807, 2.05) is 18.2 Å². The molecule has 1 aromatic rings. The van der Waals surface area contributed by atoms with Gasteiger partial charge in [0.1, 0.15) is 5.75 Å². The molecule has 0 unspecified atom stereocenters. The van der Waals surface area contributed by atoms with Crippen molar-refractivity contribution >= 4 is 17.5 Å². The summed E-state index contributed by atoms with van der Waals surface area (Å²) < 4.78 is 5.40. The Kier molecular flexibility index (Phi) is 6.22. The third-order valence-corrected chi connectivity index (χ3v) is 4.03. The highest BCUT2D eigenvalue weighted by atomic mass is 16.5. The number of carbonyl (C=O) groups is 2. The number of rotatable bonds is 6. The molecule has 0 aromatic heterocycles. The molecular weight excluding hydrogens is 296 g/mol. The van der Waals surface area contributed by atoms with Crippen LogP contribution in [0.4, 0.5) is 5.69 Å². The van der Waals surface area contributed by atoms with E-state index in [9.17, 15) is 9.59 Å². The van der Waals surface area contributed by atoms with Gasteiger partial charge in [-0.2, -0.15) is 0 Å². The molecule has 7 nitrogen and oxygen atoms in total. The number of carbonyl (C=O) groups excluding carboxylic acids is 2. The van der Waals surface area contributed by atoms with Crippen molar-refractivity contribution in [3.8, 4) is 5.75 Å². The van der Waals surface area contributed by atoms with E-state index in [2.05, 4.69) is 21.6 Å². The number of amides is 2. The maximum absolute atomic E-state index is 11.8. The molecular formula is C16H25N4O3+. The smallest absolute Gasteiger partial charge is 0.275 e. The van der Waals surface area contributed by atoms with Gasteiger partial charge in [0.2, 0.25) is 5.91 Å². The van der Waals surface area contributed by atoms with Crippen molar-refractivity contribution in [1.29, 1.82) is 0 Å². The van der Waals surface area contributed by atoms with Gasteiger partial charge < -0.3 is 25.2 Å². The van der Waals surface area contributed by atoms with Crippen molar-refractivity contribution in [2.75, 3.05) is 58.3 Å². The highest BCUT2D eigenvalue weighted by Gasteiger charge is 2.23. The number of likely N-dealkylation sites (N-methyl/N-ethyl adjacent to an activating group) is 1. The van der Waals surface area contributed by atoms with Crippen LogP contribution in [0.3, 0.4) is 0 Å². The first-order chi connectivity index (χ1) is 11.1. The first-order valence-corrected chi connectivity index (χ1v) is 7.83. The van der Waals surface area contributed by atoms with Crippen molar-refractivity contribution in [2.45, 2.75) is 0 Å². The Hall–Kier alpha value is -2.28. The molecule has 0 bridgehead atoms. The van der Waals surface area contributed by atoms with Crippen LogP contribution in [0.25, 0.3) is 0 Å². The number of hydrogen-bond donors (Lipinski definition) is 3. The molecule has 126 valence electrons. The summed E-state index contributed by atoms with van der Waals surface area (Å²) in [6.45, 7) is 3.94. The lowest BCUT2D eigenvalue weighted by molar-refractivity contribution is -0.892. The van der Waals surface area contributed by atoms with E-state index >= 15 is 0 Å². The Morgan fingerprint density at radius 2 is 1.91 bits per heavy atom. The van der Waals surface area contributed by atoms with Crippen LogP contribution in [0.5, 0.6) is 5.75 Å². The van der Waals surface area contributed by atoms with Crippen LogP contribution in [0.1, 0.15) is 0 Å². The average Bonchev–Trinajstić information content (AvgIpc) is 2.60. The first kappa shape index (κ1) is 17.1. The van der Waals surface area contributed by atoms with Crippen LogP contribution in [-0.2, 0) is 9.59 Å². The quantitative estimate of drug-likeness (QED) is 0.582. The van der Waals surface area contributed by atoms with Gasteiger partial charge in [-0.25, -0.2) is 0 Å². The molecule has 23 heavy (non-hydrogen) atoms. The van der Waals surface area contributed by atoms with Gasteiger partial charge in [0.05, 0.1) is 45.5 Å². The third kappa shape index (κ3) is 4.85. The molecule has 1 fully saturated rings. The SMILES string of the molecule is CNC(=O)CNC(=O)C[NH+]1CCN(c2ccccc2OC)CC1. The number of nitrogens with zero attached hydrogens (tertiary/aromatic N) is 1. The van der Waals surface area contributed by atoms with Gasteiger partial charge in [-0.1, -0.05) is 12.1 Å². The zero-order chi connectivity index (χ0) is 16.7. The number of piperazine rings is 1. The number of methoxy groups -OCH3 is 1. The lowest BCUT2D eigenvalue weighted by Gasteiger charge is -2.33. The average molecular weight is 321 g/mol. The van der Waals surface area contributed by atoms with E-state index in [-0.39, 0.29) is 18.4 Å². The van der Waals surface area contributed by atoms with Gasteiger partial charge in [-0.05, 0) is 12.1 Å². The van der Waals surface area contributed by atoms with E-state index in [1.165, 1.54) is 4.90 Å².